The molecule has 21 heavy (non-hydrogen) atoms. The molecule has 0 aliphatic carbocycles. The fourth-order valence-corrected chi connectivity index (χ4v) is 4.33. The average molecular weight is 311 g/mol. The predicted molar refractivity (Wildman–Crippen MR) is 72.0 cm³/mol. The molecule has 0 bridgehead atoms. The van der Waals surface area contributed by atoms with Gasteiger partial charge in [-0.15, -0.1) is 0 Å². The maximum Gasteiger partial charge on any atom is 0.322 e. The zero-order valence-electron chi connectivity index (χ0n) is 10.8. The van der Waals surface area contributed by atoms with E-state index >= 15 is 0 Å². The van der Waals surface area contributed by atoms with Crippen LogP contribution in [0.25, 0.3) is 11.0 Å². The van der Waals surface area contributed by atoms with E-state index in [9.17, 15) is 18.3 Å². The monoisotopic (exact) mass is 311 g/mol. The summed E-state index contributed by atoms with van der Waals surface area (Å²) in [5, 5.41) is 19.1. The highest BCUT2D eigenvalue weighted by molar-refractivity contribution is 7.89. The van der Waals surface area contributed by atoms with Gasteiger partial charge in [-0.1, -0.05) is 0 Å². The van der Waals surface area contributed by atoms with Crippen LogP contribution in [-0.2, 0) is 14.8 Å². The first-order chi connectivity index (χ1) is 9.91. The molecule has 2 atom stereocenters. The summed E-state index contributed by atoms with van der Waals surface area (Å²) in [6.07, 6.45) is 1.71. The summed E-state index contributed by atoms with van der Waals surface area (Å²) in [7, 11) is -4.03. The molecule has 2 aromatic heterocycles. The molecular formula is C12H13N3O5S. The highest BCUT2D eigenvalue weighted by atomic mass is 32.2. The summed E-state index contributed by atoms with van der Waals surface area (Å²) in [5.74, 6) is -1.27. The summed E-state index contributed by atoms with van der Waals surface area (Å²) in [5.41, 5.74) is 0.405. The maximum atomic E-state index is 12.7. The molecule has 1 fully saturated rings. The highest BCUT2D eigenvalue weighted by Gasteiger charge is 2.44. The number of nitrogens with zero attached hydrogens (tertiary/aromatic N) is 2. The number of carbonyl (C=O) groups is 1. The van der Waals surface area contributed by atoms with Crippen molar-refractivity contribution in [1.82, 2.24) is 14.3 Å². The molecule has 0 unspecified atom stereocenters. The summed E-state index contributed by atoms with van der Waals surface area (Å²) in [4.78, 5) is 17.9. The van der Waals surface area contributed by atoms with Gasteiger partial charge in [0.25, 0.3) is 0 Å². The molecule has 8 nitrogen and oxygen atoms in total. The van der Waals surface area contributed by atoms with E-state index in [4.69, 9.17) is 5.11 Å². The summed E-state index contributed by atoms with van der Waals surface area (Å²) < 4.78 is 26.2. The predicted octanol–water partition coefficient (Wildman–Crippen LogP) is -0.229. The normalized spacial score (nSPS) is 23.7. The number of aliphatic carboxylic acids is 1. The van der Waals surface area contributed by atoms with Crippen molar-refractivity contribution in [2.24, 2.45) is 0 Å². The lowest BCUT2D eigenvalue weighted by Gasteiger charge is -2.20. The first-order valence-corrected chi connectivity index (χ1v) is 7.70. The van der Waals surface area contributed by atoms with Crippen LogP contribution >= 0.6 is 0 Å². The maximum absolute atomic E-state index is 12.7. The lowest BCUT2D eigenvalue weighted by atomic mass is 10.2. The smallest absolute Gasteiger partial charge is 0.322 e. The van der Waals surface area contributed by atoms with Crippen molar-refractivity contribution in [3.8, 4) is 0 Å². The molecule has 9 heteroatoms. The first-order valence-electron chi connectivity index (χ1n) is 6.26. The molecule has 0 spiro atoms. The van der Waals surface area contributed by atoms with Gasteiger partial charge in [0, 0.05) is 30.7 Å². The van der Waals surface area contributed by atoms with Crippen molar-refractivity contribution in [2.45, 2.75) is 23.5 Å². The zero-order chi connectivity index (χ0) is 15.2. The number of fused-ring (bicyclic) bond motifs is 1. The van der Waals surface area contributed by atoms with Crippen molar-refractivity contribution in [3.05, 3.63) is 24.5 Å². The Balaban J connectivity index is 2.10. The molecule has 0 amide bonds. The van der Waals surface area contributed by atoms with Crippen LogP contribution in [0.2, 0.25) is 0 Å². The summed E-state index contributed by atoms with van der Waals surface area (Å²) in [6.45, 7) is -0.230. The average Bonchev–Trinajstić information content (AvgIpc) is 3.02. The number of aromatic amines is 1. The van der Waals surface area contributed by atoms with E-state index in [0.717, 1.165) is 4.31 Å². The van der Waals surface area contributed by atoms with E-state index in [0.29, 0.717) is 11.0 Å². The van der Waals surface area contributed by atoms with E-state index in [1.807, 2.05) is 0 Å². The van der Waals surface area contributed by atoms with Crippen LogP contribution in [0, 0.1) is 0 Å². The Hall–Kier alpha value is -1.97. The van der Waals surface area contributed by atoms with Crippen LogP contribution in [0.15, 0.2) is 29.4 Å². The standard InChI is InChI=1S/C12H13N3O5S/c16-7-4-9(12(17)18)15(6-7)21(19,20)10-5-14-11-8(10)2-1-3-13-11/h1-3,5,7,9,16H,4,6H2,(H,13,14)(H,17,18)/t7-,9+/m1/s1. The van der Waals surface area contributed by atoms with Gasteiger partial charge in [0.05, 0.1) is 6.10 Å². The molecule has 0 saturated carbocycles. The third-order valence-corrected chi connectivity index (χ3v) is 5.43. The van der Waals surface area contributed by atoms with E-state index < -0.39 is 28.1 Å². The van der Waals surface area contributed by atoms with Gasteiger partial charge < -0.3 is 15.2 Å². The van der Waals surface area contributed by atoms with Crippen LogP contribution in [-0.4, -0.2) is 57.6 Å². The molecule has 1 aliphatic heterocycles. The Bertz CT molecular complexity index is 800. The number of H-pyrrole nitrogens is 1. The number of aliphatic hydroxyl groups is 1. The number of nitrogens with one attached hydrogen (secondary N) is 1. The summed E-state index contributed by atoms with van der Waals surface area (Å²) in [6, 6.07) is 1.93. The number of aromatic nitrogens is 2. The molecule has 2 aromatic rings. The number of aliphatic hydroxyl groups excluding tert-OH is 1. The molecule has 0 radical (unpaired) electrons. The Morgan fingerprint density at radius 3 is 2.95 bits per heavy atom. The van der Waals surface area contributed by atoms with Crippen molar-refractivity contribution in [3.63, 3.8) is 0 Å². The largest absolute Gasteiger partial charge is 0.480 e. The van der Waals surface area contributed by atoms with Gasteiger partial charge in [-0.25, -0.2) is 13.4 Å². The molecule has 3 rings (SSSR count). The zero-order valence-corrected chi connectivity index (χ0v) is 11.6. The number of β-amino-alcohol motifs (C(OH)–C–C–N with tert-alkyl or cyclic N) is 1. The minimum Gasteiger partial charge on any atom is -0.480 e. The quantitative estimate of drug-likeness (QED) is 0.719. The SMILES string of the molecule is O=C(O)[C@@H]1C[C@@H](O)CN1S(=O)(=O)c1c[nH]c2ncccc12. The number of sulfonamides is 1. The van der Waals surface area contributed by atoms with Crippen LogP contribution in [0.4, 0.5) is 0 Å². The fourth-order valence-electron chi connectivity index (χ4n) is 2.54. The van der Waals surface area contributed by atoms with Gasteiger partial charge in [0.15, 0.2) is 0 Å². The number of carboxylic acids is 1. The third-order valence-electron chi connectivity index (χ3n) is 3.52. The third kappa shape index (κ3) is 2.19. The molecule has 3 heterocycles. The summed E-state index contributed by atoms with van der Waals surface area (Å²) >= 11 is 0. The molecule has 1 aliphatic rings. The molecule has 1 saturated heterocycles. The minimum atomic E-state index is -4.03. The van der Waals surface area contributed by atoms with Gasteiger partial charge >= 0.3 is 5.97 Å². The molecule has 0 aromatic carbocycles. The number of hydrogen-bond donors (Lipinski definition) is 3. The van der Waals surface area contributed by atoms with Crippen molar-refractivity contribution >= 4 is 27.0 Å². The van der Waals surface area contributed by atoms with Crippen molar-refractivity contribution in [2.75, 3.05) is 6.54 Å². The van der Waals surface area contributed by atoms with Crippen molar-refractivity contribution < 1.29 is 23.4 Å². The second-order valence-electron chi connectivity index (χ2n) is 4.87. The van der Waals surface area contributed by atoms with Gasteiger partial charge in [-0.3, -0.25) is 4.79 Å². The van der Waals surface area contributed by atoms with E-state index in [-0.39, 0.29) is 17.9 Å². The van der Waals surface area contributed by atoms with Crippen LogP contribution < -0.4 is 0 Å². The van der Waals surface area contributed by atoms with E-state index in [2.05, 4.69) is 9.97 Å². The van der Waals surface area contributed by atoms with Gasteiger partial charge in [0.2, 0.25) is 10.0 Å². The van der Waals surface area contributed by atoms with E-state index in [1.165, 1.54) is 12.4 Å². The lowest BCUT2D eigenvalue weighted by Crippen LogP contribution is -2.40. The van der Waals surface area contributed by atoms with E-state index in [1.54, 1.807) is 12.1 Å². The first kappa shape index (κ1) is 14.0. The second kappa shape index (κ2) is 4.79. The van der Waals surface area contributed by atoms with Gasteiger partial charge in [-0.05, 0) is 12.1 Å². The van der Waals surface area contributed by atoms with Crippen LogP contribution in [0.3, 0.4) is 0 Å². The Morgan fingerprint density at radius 2 is 2.24 bits per heavy atom. The van der Waals surface area contributed by atoms with Crippen molar-refractivity contribution in [1.29, 1.82) is 0 Å². The number of hydrogen-bond acceptors (Lipinski definition) is 5. The highest BCUT2D eigenvalue weighted by Crippen LogP contribution is 2.30. The Kier molecular flexibility index (Phi) is 3.19. The van der Waals surface area contributed by atoms with Gasteiger partial charge in [-0.2, -0.15) is 4.31 Å². The molecular weight excluding hydrogens is 298 g/mol. The Morgan fingerprint density at radius 1 is 1.48 bits per heavy atom. The second-order valence-corrected chi connectivity index (χ2v) is 6.73. The molecule has 3 N–H and O–H groups in total. The topological polar surface area (TPSA) is 124 Å². The number of carboxylic acid groups (broad SMARTS) is 1. The number of pyridine rings is 1. The lowest BCUT2D eigenvalue weighted by molar-refractivity contribution is -0.140. The minimum absolute atomic E-state index is 0.0362. The number of rotatable bonds is 3. The fraction of sp³-hybridized carbons (Fsp3) is 0.333. The van der Waals surface area contributed by atoms with Crippen LogP contribution in [0.1, 0.15) is 6.42 Å². The van der Waals surface area contributed by atoms with Gasteiger partial charge in [0.1, 0.15) is 16.6 Å². The molecule has 112 valence electrons. The van der Waals surface area contributed by atoms with Crippen LogP contribution in [0.5, 0.6) is 0 Å². The Labute approximate surface area is 120 Å².